The van der Waals surface area contributed by atoms with E-state index in [0.29, 0.717) is 5.41 Å². The summed E-state index contributed by atoms with van der Waals surface area (Å²) < 4.78 is 0. The normalized spacial score (nSPS) is 40.6. The molecule has 0 aliphatic heterocycles. The summed E-state index contributed by atoms with van der Waals surface area (Å²) in [4.78, 5) is 0. The monoisotopic (exact) mass is 212 g/mol. The van der Waals surface area contributed by atoms with Crippen LogP contribution >= 0.6 is 0 Å². The standard InChI is InChI=1S/C16H20/c1-11-6-4-5-7-15(11)16(3)12(2)13-8-9-14(16)10-13/h4-9,12-14H,10H2,1-3H3. The molecular formula is C16H20. The summed E-state index contributed by atoms with van der Waals surface area (Å²) in [6.45, 7) is 7.15. The van der Waals surface area contributed by atoms with Gasteiger partial charge >= 0.3 is 0 Å². The van der Waals surface area contributed by atoms with Gasteiger partial charge in [0.25, 0.3) is 0 Å². The Morgan fingerprint density at radius 1 is 1.19 bits per heavy atom. The topological polar surface area (TPSA) is 0 Å². The van der Waals surface area contributed by atoms with Crippen molar-refractivity contribution in [2.45, 2.75) is 32.6 Å². The Morgan fingerprint density at radius 2 is 1.94 bits per heavy atom. The van der Waals surface area contributed by atoms with Crippen molar-refractivity contribution in [1.29, 1.82) is 0 Å². The number of hydrogen-bond donors (Lipinski definition) is 0. The van der Waals surface area contributed by atoms with Gasteiger partial charge in [0.15, 0.2) is 0 Å². The van der Waals surface area contributed by atoms with E-state index in [1.165, 1.54) is 12.0 Å². The fourth-order valence-corrected chi connectivity index (χ4v) is 3.95. The maximum atomic E-state index is 2.47. The second kappa shape index (κ2) is 3.23. The van der Waals surface area contributed by atoms with Crippen molar-refractivity contribution in [3.8, 4) is 0 Å². The molecule has 2 aliphatic carbocycles. The molecule has 84 valence electrons. The van der Waals surface area contributed by atoms with E-state index in [0.717, 1.165) is 17.8 Å². The predicted octanol–water partition coefficient (Wildman–Crippen LogP) is 4.09. The third-order valence-corrected chi connectivity index (χ3v) is 5.20. The van der Waals surface area contributed by atoms with Crippen LogP contribution in [0.15, 0.2) is 36.4 Å². The van der Waals surface area contributed by atoms with Crippen LogP contribution in [-0.4, -0.2) is 0 Å². The van der Waals surface area contributed by atoms with Crippen molar-refractivity contribution < 1.29 is 0 Å². The van der Waals surface area contributed by atoms with E-state index in [2.05, 4.69) is 57.2 Å². The van der Waals surface area contributed by atoms with Gasteiger partial charge in [-0.2, -0.15) is 0 Å². The lowest BCUT2D eigenvalue weighted by Gasteiger charge is -2.38. The van der Waals surface area contributed by atoms with E-state index in [1.54, 1.807) is 5.56 Å². The first kappa shape index (κ1) is 10.1. The van der Waals surface area contributed by atoms with Gasteiger partial charge in [-0.25, -0.2) is 0 Å². The molecule has 0 aromatic heterocycles. The summed E-state index contributed by atoms with van der Waals surface area (Å²) in [5, 5.41) is 0. The van der Waals surface area contributed by atoms with Crippen molar-refractivity contribution in [1.82, 2.24) is 0 Å². The molecule has 0 N–H and O–H groups in total. The van der Waals surface area contributed by atoms with E-state index in [1.807, 2.05) is 0 Å². The van der Waals surface area contributed by atoms with Gasteiger partial charge in [0.05, 0.1) is 0 Å². The highest BCUT2D eigenvalue weighted by Crippen LogP contribution is 2.57. The third kappa shape index (κ3) is 1.10. The number of aryl methyl sites for hydroxylation is 1. The molecule has 0 heterocycles. The van der Waals surface area contributed by atoms with Gasteiger partial charge < -0.3 is 0 Å². The molecule has 1 saturated carbocycles. The maximum absolute atomic E-state index is 2.47. The number of fused-ring (bicyclic) bond motifs is 2. The summed E-state index contributed by atoms with van der Waals surface area (Å²) in [6, 6.07) is 8.93. The zero-order valence-electron chi connectivity index (χ0n) is 10.4. The number of rotatable bonds is 1. The highest BCUT2D eigenvalue weighted by Gasteiger charge is 2.51. The van der Waals surface area contributed by atoms with E-state index < -0.39 is 0 Å². The molecular weight excluding hydrogens is 192 g/mol. The number of allylic oxidation sites excluding steroid dienone is 2. The largest absolute Gasteiger partial charge is 0.0848 e. The SMILES string of the molecule is Cc1ccccc1C1(C)C2C=CC(C2)C1C. The minimum absolute atomic E-state index is 0.366. The third-order valence-electron chi connectivity index (χ3n) is 5.20. The minimum Gasteiger partial charge on any atom is -0.0848 e. The smallest absolute Gasteiger partial charge is 0.00214 e. The van der Waals surface area contributed by atoms with Crippen LogP contribution in [0.4, 0.5) is 0 Å². The fourth-order valence-electron chi connectivity index (χ4n) is 3.95. The Kier molecular flexibility index (Phi) is 2.04. The van der Waals surface area contributed by atoms with Crippen molar-refractivity contribution in [2.75, 3.05) is 0 Å². The van der Waals surface area contributed by atoms with E-state index in [4.69, 9.17) is 0 Å². The molecule has 1 aromatic rings. The van der Waals surface area contributed by atoms with Crippen molar-refractivity contribution in [2.24, 2.45) is 17.8 Å². The molecule has 4 unspecified atom stereocenters. The Hall–Kier alpha value is -1.04. The molecule has 0 nitrogen and oxygen atoms in total. The first-order chi connectivity index (χ1) is 7.64. The molecule has 4 atom stereocenters. The van der Waals surface area contributed by atoms with Crippen molar-refractivity contribution in [3.05, 3.63) is 47.5 Å². The van der Waals surface area contributed by atoms with Crippen molar-refractivity contribution in [3.63, 3.8) is 0 Å². The van der Waals surface area contributed by atoms with Crippen LogP contribution in [0.5, 0.6) is 0 Å². The highest BCUT2D eigenvalue weighted by molar-refractivity contribution is 5.39. The van der Waals surface area contributed by atoms with Gasteiger partial charge in [-0.1, -0.05) is 50.3 Å². The van der Waals surface area contributed by atoms with Gasteiger partial charge in [-0.15, -0.1) is 0 Å². The Labute approximate surface area is 98.4 Å². The first-order valence-electron chi connectivity index (χ1n) is 6.38. The van der Waals surface area contributed by atoms with Crippen LogP contribution in [-0.2, 0) is 5.41 Å². The molecule has 0 spiro atoms. The molecule has 1 fully saturated rings. The van der Waals surface area contributed by atoms with Crippen LogP contribution < -0.4 is 0 Å². The summed E-state index contributed by atoms with van der Waals surface area (Å²) in [7, 11) is 0. The van der Waals surface area contributed by atoms with E-state index in [-0.39, 0.29) is 0 Å². The Morgan fingerprint density at radius 3 is 2.56 bits per heavy atom. The molecule has 0 saturated heterocycles. The Balaban J connectivity index is 2.13. The van der Waals surface area contributed by atoms with Crippen LogP contribution in [0, 0.1) is 24.7 Å². The van der Waals surface area contributed by atoms with Gasteiger partial charge in [0, 0.05) is 5.41 Å². The molecule has 0 heteroatoms. The molecule has 3 rings (SSSR count). The van der Waals surface area contributed by atoms with Crippen LogP contribution in [0.3, 0.4) is 0 Å². The zero-order valence-corrected chi connectivity index (χ0v) is 10.4. The highest BCUT2D eigenvalue weighted by atomic mass is 14.6. The van der Waals surface area contributed by atoms with Gasteiger partial charge in [-0.05, 0) is 42.2 Å². The molecule has 0 radical (unpaired) electrons. The molecule has 0 amide bonds. The summed E-state index contributed by atoms with van der Waals surface area (Å²) in [5.74, 6) is 2.35. The summed E-state index contributed by atoms with van der Waals surface area (Å²) in [6.07, 6.45) is 6.26. The molecule has 16 heavy (non-hydrogen) atoms. The Bertz CT molecular complexity index is 443. The van der Waals surface area contributed by atoms with E-state index in [9.17, 15) is 0 Å². The molecule has 2 aliphatic rings. The average molecular weight is 212 g/mol. The second-order valence-corrected chi connectivity index (χ2v) is 5.78. The lowest BCUT2D eigenvalue weighted by molar-refractivity contribution is 0.290. The zero-order chi connectivity index (χ0) is 11.3. The van der Waals surface area contributed by atoms with Crippen LogP contribution in [0.1, 0.15) is 31.4 Å². The summed E-state index contributed by atoms with van der Waals surface area (Å²) in [5.41, 5.74) is 3.39. The average Bonchev–Trinajstić information content (AvgIpc) is 2.84. The van der Waals surface area contributed by atoms with Gasteiger partial charge in [0.1, 0.15) is 0 Å². The number of benzene rings is 1. The van der Waals surface area contributed by atoms with Crippen LogP contribution in [0.2, 0.25) is 0 Å². The molecule has 1 aromatic carbocycles. The second-order valence-electron chi connectivity index (χ2n) is 5.78. The van der Waals surface area contributed by atoms with Crippen LogP contribution in [0.25, 0.3) is 0 Å². The van der Waals surface area contributed by atoms with Gasteiger partial charge in [0.2, 0.25) is 0 Å². The quantitative estimate of drug-likeness (QED) is 0.615. The maximum Gasteiger partial charge on any atom is 0.00214 e. The minimum atomic E-state index is 0.366. The first-order valence-corrected chi connectivity index (χ1v) is 6.38. The predicted molar refractivity (Wildman–Crippen MR) is 68.4 cm³/mol. The van der Waals surface area contributed by atoms with Gasteiger partial charge in [-0.3, -0.25) is 0 Å². The lowest BCUT2D eigenvalue weighted by Crippen LogP contribution is -2.35. The fraction of sp³-hybridized carbons (Fsp3) is 0.500. The lowest BCUT2D eigenvalue weighted by atomic mass is 9.65. The summed E-state index contributed by atoms with van der Waals surface area (Å²) >= 11 is 0. The van der Waals surface area contributed by atoms with Crippen molar-refractivity contribution >= 4 is 0 Å². The molecule has 2 bridgehead atoms. The number of hydrogen-bond acceptors (Lipinski definition) is 0. The van der Waals surface area contributed by atoms with E-state index >= 15 is 0 Å².